The van der Waals surface area contributed by atoms with Gasteiger partial charge in [0.2, 0.25) is 0 Å². The molecule has 0 atom stereocenters. The minimum Gasteiger partial charge on any atom is -0.319 e. The van der Waals surface area contributed by atoms with Gasteiger partial charge in [-0.25, -0.2) is 12.8 Å². The van der Waals surface area contributed by atoms with Crippen molar-refractivity contribution in [1.29, 1.82) is 0 Å². The molecule has 15 heavy (non-hydrogen) atoms. The van der Waals surface area contributed by atoms with Gasteiger partial charge >= 0.3 is 0 Å². The predicted octanol–water partition coefficient (Wildman–Crippen LogP) is 0.960. The largest absolute Gasteiger partial charge is 0.319 e. The average Bonchev–Trinajstić information content (AvgIpc) is 2.18. The van der Waals surface area contributed by atoms with Crippen LogP contribution in [-0.4, -0.2) is 27.8 Å². The van der Waals surface area contributed by atoms with Crippen molar-refractivity contribution in [1.82, 2.24) is 5.32 Å². The summed E-state index contributed by atoms with van der Waals surface area (Å²) in [5.41, 5.74) is 0.230. The van der Waals surface area contributed by atoms with Crippen LogP contribution in [0.1, 0.15) is 5.56 Å². The first kappa shape index (κ1) is 12.1. The normalized spacial score (nSPS) is 11.6. The zero-order chi connectivity index (χ0) is 11.3. The van der Waals surface area contributed by atoms with Crippen molar-refractivity contribution >= 4 is 9.84 Å². The molecule has 0 radical (unpaired) electrons. The van der Waals surface area contributed by atoms with E-state index in [9.17, 15) is 12.8 Å². The number of rotatable bonds is 5. The Balaban J connectivity index is 2.74. The first-order valence-electron chi connectivity index (χ1n) is 4.63. The Morgan fingerprint density at radius 1 is 1.33 bits per heavy atom. The first-order chi connectivity index (χ1) is 7.05. The highest BCUT2D eigenvalue weighted by atomic mass is 32.2. The summed E-state index contributed by atoms with van der Waals surface area (Å²) >= 11 is 0. The quantitative estimate of drug-likeness (QED) is 0.821. The zero-order valence-electron chi connectivity index (χ0n) is 8.53. The second kappa shape index (κ2) is 5.23. The van der Waals surface area contributed by atoms with E-state index in [0.717, 1.165) is 0 Å². The fraction of sp³-hybridized carbons (Fsp3) is 0.400. The van der Waals surface area contributed by atoms with Crippen LogP contribution < -0.4 is 5.32 Å². The van der Waals surface area contributed by atoms with Crippen LogP contribution in [0.5, 0.6) is 0 Å². The highest BCUT2D eigenvalue weighted by Crippen LogP contribution is 2.10. The molecule has 0 aliphatic carbocycles. The third-order valence-corrected chi connectivity index (χ3v) is 3.57. The highest BCUT2D eigenvalue weighted by molar-refractivity contribution is 7.90. The summed E-state index contributed by atoms with van der Waals surface area (Å²) in [5, 5.41) is 2.75. The lowest BCUT2D eigenvalue weighted by atomic mass is 10.2. The van der Waals surface area contributed by atoms with E-state index < -0.39 is 15.7 Å². The highest BCUT2D eigenvalue weighted by Gasteiger charge is 2.13. The Kier molecular flexibility index (Phi) is 4.23. The molecule has 1 rings (SSSR count). The van der Waals surface area contributed by atoms with Crippen molar-refractivity contribution in [3.63, 3.8) is 0 Å². The van der Waals surface area contributed by atoms with E-state index in [4.69, 9.17) is 0 Å². The van der Waals surface area contributed by atoms with E-state index in [0.29, 0.717) is 6.54 Å². The number of hydrogen-bond acceptors (Lipinski definition) is 3. The molecular formula is C10H14FNO2S. The molecule has 0 aliphatic heterocycles. The Bertz CT molecular complexity index is 417. The molecule has 1 aromatic carbocycles. The summed E-state index contributed by atoms with van der Waals surface area (Å²) in [6, 6.07) is 5.93. The molecule has 1 N–H and O–H groups in total. The van der Waals surface area contributed by atoms with Gasteiger partial charge in [-0.15, -0.1) is 0 Å². The lowest BCUT2D eigenvalue weighted by molar-refractivity contribution is 0.585. The standard InChI is InChI=1S/C10H14FNO2S/c1-12-6-7-15(13,14)8-9-4-2-3-5-10(9)11/h2-5,12H,6-8H2,1H3. The average molecular weight is 231 g/mol. The van der Waals surface area contributed by atoms with Crippen molar-refractivity contribution < 1.29 is 12.8 Å². The van der Waals surface area contributed by atoms with Crippen molar-refractivity contribution in [3.8, 4) is 0 Å². The molecule has 0 bridgehead atoms. The fourth-order valence-corrected chi connectivity index (χ4v) is 2.55. The molecular weight excluding hydrogens is 217 g/mol. The first-order valence-corrected chi connectivity index (χ1v) is 6.46. The number of halogens is 1. The summed E-state index contributed by atoms with van der Waals surface area (Å²) < 4.78 is 36.2. The molecule has 0 fully saturated rings. The van der Waals surface area contributed by atoms with Gasteiger partial charge in [0.1, 0.15) is 5.82 Å². The van der Waals surface area contributed by atoms with Crippen LogP contribution in [0.3, 0.4) is 0 Å². The molecule has 1 aromatic rings. The van der Waals surface area contributed by atoms with Crippen LogP contribution in [0.15, 0.2) is 24.3 Å². The second-order valence-electron chi connectivity index (χ2n) is 3.29. The number of hydrogen-bond donors (Lipinski definition) is 1. The zero-order valence-corrected chi connectivity index (χ0v) is 9.35. The third-order valence-electron chi connectivity index (χ3n) is 2.00. The van der Waals surface area contributed by atoms with Gasteiger partial charge in [-0.1, -0.05) is 18.2 Å². The minimum atomic E-state index is -3.22. The SMILES string of the molecule is CNCCS(=O)(=O)Cc1ccccc1F. The fourth-order valence-electron chi connectivity index (χ4n) is 1.18. The second-order valence-corrected chi connectivity index (χ2v) is 5.47. The molecule has 0 aromatic heterocycles. The van der Waals surface area contributed by atoms with E-state index in [-0.39, 0.29) is 17.1 Å². The van der Waals surface area contributed by atoms with Crippen molar-refractivity contribution in [2.45, 2.75) is 5.75 Å². The van der Waals surface area contributed by atoms with Crippen molar-refractivity contribution in [3.05, 3.63) is 35.6 Å². The number of nitrogens with one attached hydrogen (secondary N) is 1. The summed E-state index contributed by atoms with van der Waals surface area (Å²) in [7, 11) is -1.54. The van der Waals surface area contributed by atoms with Gasteiger partial charge in [-0.2, -0.15) is 0 Å². The summed E-state index contributed by atoms with van der Waals surface area (Å²) in [5.74, 6) is -0.676. The summed E-state index contributed by atoms with van der Waals surface area (Å²) in [6.07, 6.45) is 0. The molecule has 0 saturated carbocycles. The van der Waals surface area contributed by atoms with E-state index in [1.807, 2.05) is 0 Å². The van der Waals surface area contributed by atoms with Crippen molar-refractivity contribution in [2.24, 2.45) is 0 Å². The van der Waals surface area contributed by atoms with Gasteiger partial charge in [0.15, 0.2) is 9.84 Å². The third kappa shape index (κ3) is 3.97. The van der Waals surface area contributed by atoms with Gasteiger partial charge < -0.3 is 5.32 Å². The smallest absolute Gasteiger partial charge is 0.155 e. The minimum absolute atomic E-state index is 0.0256. The van der Waals surface area contributed by atoms with Crippen LogP contribution in [0.2, 0.25) is 0 Å². The Hall–Kier alpha value is -0.940. The Morgan fingerprint density at radius 2 is 2.00 bits per heavy atom. The van der Waals surface area contributed by atoms with Crippen LogP contribution in [0, 0.1) is 5.82 Å². The van der Waals surface area contributed by atoms with Gasteiger partial charge in [-0.3, -0.25) is 0 Å². The maximum absolute atomic E-state index is 13.2. The molecule has 3 nitrogen and oxygen atoms in total. The van der Waals surface area contributed by atoms with Gasteiger partial charge in [-0.05, 0) is 13.1 Å². The lowest BCUT2D eigenvalue weighted by Gasteiger charge is -2.04. The predicted molar refractivity (Wildman–Crippen MR) is 57.8 cm³/mol. The van der Waals surface area contributed by atoms with E-state index >= 15 is 0 Å². The molecule has 84 valence electrons. The monoisotopic (exact) mass is 231 g/mol. The van der Waals surface area contributed by atoms with Gasteiger partial charge in [0.05, 0.1) is 11.5 Å². The number of benzene rings is 1. The van der Waals surface area contributed by atoms with Crippen LogP contribution in [0.25, 0.3) is 0 Å². The molecule has 0 spiro atoms. The Morgan fingerprint density at radius 3 is 2.60 bits per heavy atom. The van der Waals surface area contributed by atoms with Crippen molar-refractivity contribution in [2.75, 3.05) is 19.3 Å². The van der Waals surface area contributed by atoms with E-state index in [2.05, 4.69) is 5.32 Å². The summed E-state index contributed by atoms with van der Waals surface area (Å²) in [6.45, 7) is 0.386. The molecule has 0 saturated heterocycles. The lowest BCUT2D eigenvalue weighted by Crippen LogP contribution is -2.20. The number of sulfone groups is 1. The molecule has 0 amide bonds. The topological polar surface area (TPSA) is 46.2 Å². The van der Waals surface area contributed by atoms with Gasteiger partial charge in [0, 0.05) is 12.1 Å². The summed E-state index contributed by atoms with van der Waals surface area (Å²) in [4.78, 5) is 0. The molecule has 0 unspecified atom stereocenters. The maximum Gasteiger partial charge on any atom is 0.155 e. The Labute approximate surface area is 89.2 Å². The van der Waals surface area contributed by atoms with Crippen LogP contribution >= 0.6 is 0 Å². The maximum atomic E-state index is 13.2. The molecule has 0 heterocycles. The molecule has 0 aliphatic rings. The van der Waals surface area contributed by atoms with Crippen LogP contribution in [0.4, 0.5) is 4.39 Å². The van der Waals surface area contributed by atoms with E-state index in [1.165, 1.54) is 12.1 Å². The van der Waals surface area contributed by atoms with E-state index in [1.54, 1.807) is 19.2 Å². The molecule has 5 heteroatoms. The van der Waals surface area contributed by atoms with Crippen LogP contribution in [-0.2, 0) is 15.6 Å². The van der Waals surface area contributed by atoms with Gasteiger partial charge in [0.25, 0.3) is 0 Å².